The van der Waals surface area contributed by atoms with E-state index in [9.17, 15) is 14.7 Å². The van der Waals surface area contributed by atoms with Crippen LogP contribution in [0.15, 0.2) is 6.07 Å². The zero-order valence-electron chi connectivity index (χ0n) is 12.8. The van der Waals surface area contributed by atoms with Crippen LogP contribution < -0.4 is 5.32 Å². The number of aromatic carboxylic acids is 1. The standard InChI is InChI=1S/C15H22N2O3S/c1-8-5-6-9(2)17(8)11(4)13(18)16-14-12(15(19)20)7-10(3)21-14/h7-9,11H,5-6H2,1-4H3,(H,16,18)(H,19,20). The fourth-order valence-electron chi connectivity index (χ4n) is 3.10. The minimum absolute atomic E-state index is 0.139. The van der Waals surface area contributed by atoms with Crippen molar-refractivity contribution in [3.05, 3.63) is 16.5 Å². The molecule has 1 aromatic heterocycles. The van der Waals surface area contributed by atoms with Crippen LogP contribution >= 0.6 is 11.3 Å². The Morgan fingerprint density at radius 1 is 1.38 bits per heavy atom. The van der Waals surface area contributed by atoms with Crippen molar-refractivity contribution in [3.8, 4) is 0 Å². The maximum Gasteiger partial charge on any atom is 0.338 e. The summed E-state index contributed by atoms with van der Waals surface area (Å²) in [5, 5.41) is 12.4. The largest absolute Gasteiger partial charge is 0.478 e. The molecule has 0 aliphatic carbocycles. The number of carboxylic acid groups (broad SMARTS) is 1. The molecule has 5 nitrogen and oxygen atoms in total. The summed E-state index contributed by atoms with van der Waals surface area (Å²) < 4.78 is 0. The van der Waals surface area contributed by atoms with Crippen LogP contribution in [0.25, 0.3) is 0 Å². The van der Waals surface area contributed by atoms with E-state index in [0.717, 1.165) is 17.7 Å². The molecule has 1 fully saturated rings. The van der Waals surface area contributed by atoms with E-state index in [2.05, 4.69) is 24.1 Å². The number of rotatable bonds is 4. The molecular formula is C15H22N2O3S. The van der Waals surface area contributed by atoms with Gasteiger partial charge in [0.05, 0.1) is 11.6 Å². The molecule has 1 aliphatic heterocycles. The second-order valence-electron chi connectivity index (χ2n) is 5.79. The predicted octanol–water partition coefficient (Wildman–Crippen LogP) is 2.95. The summed E-state index contributed by atoms with van der Waals surface area (Å²) in [4.78, 5) is 26.7. The highest BCUT2D eigenvalue weighted by Crippen LogP contribution is 2.30. The third kappa shape index (κ3) is 3.27. The van der Waals surface area contributed by atoms with E-state index in [-0.39, 0.29) is 17.5 Å². The maximum atomic E-state index is 12.4. The number of thiophene rings is 1. The Morgan fingerprint density at radius 3 is 2.48 bits per heavy atom. The van der Waals surface area contributed by atoms with Gasteiger partial charge in [0, 0.05) is 17.0 Å². The van der Waals surface area contributed by atoms with Gasteiger partial charge in [-0.1, -0.05) is 0 Å². The van der Waals surface area contributed by atoms with Crippen molar-refractivity contribution in [1.82, 2.24) is 4.90 Å². The van der Waals surface area contributed by atoms with E-state index >= 15 is 0 Å². The van der Waals surface area contributed by atoms with Gasteiger partial charge in [-0.2, -0.15) is 0 Å². The second-order valence-corrected chi connectivity index (χ2v) is 7.05. The number of nitrogens with zero attached hydrogens (tertiary/aromatic N) is 1. The van der Waals surface area contributed by atoms with Crippen LogP contribution in [-0.4, -0.2) is 40.0 Å². The monoisotopic (exact) mass is 310 g/mol. The van der Waals surface area contributed by atoms with Gasteiger partial charge in [0.25, 0.3) is 0 Å². The van der Waals surface area contributed by atoms with E-state index < -0.39 is 5.97 Å². The van der Waals surface area contributed by atoms with E-state index in [0.29, 0.717) is 17.1 Å². The summed E-state index contributed by atoms with van der Waals surface area (Å²) in [5.74, 6) is -1.15. The lowest BCUT2D eigenvalue weighted by molar-refractivity contribution is -0.121. The summed E-state index contributed by atoms with van der Waals surface area (Å²) >= 11 is 1.30. The van der Waals surface area contributed by atoms with Crippen molar-refractivity contribution in [2.75, 3.05) is 5.32 Å². The number of likely N-dealkylation sites (tertiary alicyclic amines) is 1. The molecule has 2 N–H and O–H groups in total. The molecule has 1 saturated heterocycles. The number of carboxylic acids is 1. The highest BCUT2D eigenvalue weighted by Gasteiger charge is 2.34. The zero-order chi connectivity index (χ0) is 15.7. The Labute approximate surface area is 129 Å². The Kier molecular flexibility index (Phi) is 4.68. The first kappa shape index (κ1) is 16.0. The van der Waals surface area contributed by atoms with Gasteiger partial charge in [-0.3, -0.25) is 9.69 Å². The lowest BCUT2D eigenvalue weighted by atomic mass is 10.2. The van der Waals surface area contributed by atoms with Gasteiger partial charge in [-0.25, -0.2) is 4.79 Å². The minimum Gasteiger partial charge on any atom is -0.478 e. The first-order valence-electron chi connectivity index (χ1n) is 7.23. The van der Waals surface area contributed by atoms with Gasteiger partial charge >= 0.3 is 5.97 Å². The molecule has 2 rings (SSSR count). The Hall–Kier alpha value is -1.40. The number of anilines is 1. The van der Waals surface area contributed by atoms with Crippen molar-refractivity contribution >= 4 is 28.2 Å². The van der Waals surface area contributed by atoms with Gasteiger partial charge in [0.2, 0.25) is 5.91 Å². The quantitative estimate of drug-likeness (QED) is 0.897. The van der Waals surface area contributed by atoms with Gasteiger partial charge in [-0.15, -0.1) is 11.3 Å². The maximum absolute atomic E-state index is 12.4. The molecule has 0 saturated carbocycles. The van der Waals surface area contributed by atoms with E-state index in [1.54, 1.807) is 6.07 Å². The minimum atomic E-state index is -1.01. The second kappa shape index (κ2) is 6.15. The van der Waals surface area contributed by atoms with Crippen LogP contribution in [0.4, 0.5) is 5.00 Å². The molecule has 0 radical (unpaired) electrons. The lowest BCUT2D eigenvalue weighted by Gasteiger charge is -2.31. The number of amides is 1. The van der Waals surface area contributed by atoms with Gasteiger partial charge in [-0.05, 0) is 46.6 Å². The van der Waals surface area contributed by atoms with E-state index in [4.69, 9.17) is 0 Å². The van der Waals surface area contributed by atoms with Crippen molar-refractivity contribution in [2.24, 2.45) is 0 Å². The molecule has 6 heteroatoms. The number of carbonyl (C=O) groups excluding carboxylic acids is 1. The number of hydrogen-bond donors (Lipinski definition) is 2. The third-order valence-electron chi connectivity index (χ3n) is 4.17. The van der Waals surface area contributed by atoms with Crippen LogP contribution in [0.5, 0.6) is 0 Å². The summed E-state index contributed by atoms with van der Waals surface area (Å²) in [7, 11) is 0. The normalized spacial score (nSPS) is 24.0. The van der Waals surface area contributed by atoms with Crippen LogP contribution in [0.2, 0.25) is 0 Å². The average molecular weight is 310 g/mol. The van der Waals surface area contributed by atoms with E-state index in [1.807, 2.05) is 13.8 Å². The summed E-state index contributed by atoms with van der Waals surface area (Å²) in [6.07, 6.45) is 2.19. The highest BCUT2D eigenvalue weighted by atomic mass is 32.1. The van der Waals surface area contributed by atoms with Gasteiger partial charge in [0.1, 0.15) is 5.00 Å². The summed E-state index contributed by atoms with van der Waals surface area (Å²) in [6, 6.07) is 2.09. The van der Waals surface area contributed by atoms with Gasteiger partial charge < -0.3 is 10.4 Å². The Morgan fingerprint density at radius 2 is 1.95 bits per heavy atom. The number of carbonyl (C=O) groups is 2. The summed E-state index contributed by atoms with van der Waals surface area (Å²) in [5.41, 5.74) is 0.167. The predicted molar refractivity (Wildman–Crippen MR) is 84.1 cm³/mol. The van der Waals surface area contributed by atoms with E-state index in [1.165, 1.54) is 11.3 Å². The molecule has 3 atom stereocenters. The average Bonchev–Trinajstić information content (AvgIpc) is 2.92. The van der Waals surface area contributed by atoms with Crippen molar-refractivity contribution in [3.63, 3.8) is 0 Å². The first-order chi connectivity index (χ1) is 9.81. The highest BCUT2D eigenvalue weighted by molar-refractivity contribution is 7.16. The SMILES string of the molecule is Cc1cc(C(=O)O)c(NC(=O)C(C)N2C(C)CCC2C)s1. The third-order valence-corrected chi connectivity index (χ3v) is 5.14. The molecule has 0 spiro atoms. The van der Waals surface area contributed by atoms with Crippen LogP contribution in [-0.2, 0) is 4.79 Å². The molecule has 1 aromatic rings. The van der Waals surface area contributed by atoms with Crippen LogP contribution in [0.3, 0.4) is 0 Å². The fraction of sp³-hybridized carbons (Fsp3) is 0.600. The smallest absolute Gasteiger partial charge is 0.338 e. The number of nitrogens with one attached hydrogen (secondary N) is 1. The number of hydrogen-bond acceptors (Lipinski definition) is 4. The molecule has 21 heavy (non-hydrogen) atoms. The topological polar surface area (TPSA) is 69.6 Å². The van der Waals surface area contributed by atoms with Crippen molar-refractivity contribution in [2.45, 2.75) is 58.7 Å². The van der Waals surface area contributed by atoms with Crippen LogP contribution in [0.1, 0.15) is 48.8 Å². The molecular weight excluding hydrogens is 288 g/mol. The lowest BCUT2D eigenvalue weighted by Crippen LogP contribution is -2.46. The molecule has 1 amide bonds. The Balaban J connectivity index is 2.13. The number of aryl methyl sites for hydroxylation is 1. The summed E-state index contributed by atoms with van der Waals surface area (Å²) in [6.45, 7) is 7.98. The van der Waals surface area contributed by atoms with Crippen molar-refractivity contribution in [1.29, 1.82) is 0 Å². The molecule has 1 aliphatic rings. The zero-order valence-corrected chi connectivity index (χ0v) is 13.7. The molecule has 2 heterocycles. The molecule has 0 aromatic carbocycles. The van der Waals surface area contributed by atoms with Crippen LogP contribution in [0, 0.1) is 6.92 Å². The Bertz CT molecular complexity index is 545. The molecule has 3 unspecified atom stereocenters. The molecule has 116 valence electrons. The van der Waals surface area contributed by atoms with Crippen molar-refractivity contribution < 1.29 is 14.7 Å². The first-order valence-corrected chi connectivity index (χ1v) is 8.05. The van der Waals surface area contributed by atoms with Gasteiger partial charge in [0.15, 0.2) is 0 Å². The molecule has 0 bridgehead atoms. The fourth-order valence-corrected chi connectivity index (χ4v) is 4.00.